The summed E-state index contributed by atoms with van der Waals surface area (Å²) in [6.45, 7) is 0. The van der Waals surface area contributed by atoms with E-state index < -0.39 is 66.5 Å². The van der Waals surface area contributed by atoms with Gasteiger partial charge in [-0.05, 0) is 75.6 Å². The third kappa shape index (κ3) is 4.00. The molecular formula is C44H27NO2. The molecule has 0 saturated heterocycles. The quantitative estimate of drug-likeness (QED) is 0.185. The van der Waals surface area contributed by atoms with E-state index in [0.717, 1.165) is 21.5 Å². The number of nitrogens with zero attached hydrogens (tertiary/aromatic N) is 1. The van der Waals surface area contributed by atoms with Crippen LogP contribution >= 0.6 is 0 Å². The summed E-state index contributed by atoms with van der Waals surface area (Å²) in [5, 5.41) is 4.63. The van der Waals surface area contributed by atoms with Gasteiger partial charge in [0.05, 0.1) is 27.5 Å². The third-order valence-electron chi connectivity index (χ3n) is 8.60. The van der Waals surface area contributed by atoms with E-state index in [4.69, 9.17) is 21.2 Å². The van der Waals surface area contributed by atoms with Crippen molar-refractivity contribution in [1.29, 1.82) is 0 Å². The molecule has 0 N–H and O–H groups in total. The van der Waals surface area contributed by atoms with Gasteiger partial charge in [-0.2, -0.15) is 0 Å². The van der Waals surface area contributed by atoms with Gasteiger partial charge in [0, 0.05) is 39.1 Å². The highest BCUT2D eigenvalue weighted by Gasteiger charge is 2.23. The lowest BCUT2D eigenvalue weighted by molar-refractivity contribution is 0.669. The normalized spacial score (nSPS) is 15.4. The second-order valence-corrected chi connectivity index (χ2v) is 11.2. The van der Waals surface area contributed by atoms with E-state index in [1.165, 1.54) is 0 Å². The lowest BCUT2D eigenvalue weighted by Gasteiger charge is -2.27. The van der Waals surface area contributed by atoms with Crippen molar-refractivity contribution in [2.24, 2.45) is 0 Å². The van der Waals surface area contributed by atoms with Gasteiger partial charge in [-0.1, -0.05) is 109 Å². The Morgan fingerprint density at radius 3 is 2.19 bits per heavy atom. The van der Waals surface area contributed by atoms with Gasteiger partial charge in [-0.3, -0.25) is 0 Å². The topological polar surface area (TPSA) is 29.5 Å². The lowest BCUT2D eigenvalue weighted by atomic mass is 9.99. The second-order valence-electron chi connectivity index (χ2n) is 11.2. The van der Waals surface area contributed by atoms with E-state index >= 15 is 0 Å². The molecule has 0 spiro atoms. The van der Waals surface area contributed by atoms with Crippen LogP contribution in [0.5, 0.6) is 0 Å². The Kier molecular flexibility index (Phi) is 3.62. The van der Waals surface area contributed by atoms with Crippen LogP contribution < -0.4 is 4.90 Å². The molecule has 0 amide bonds. The van der Waals surface area contributed by atoms with Crippen molar-refractivity contribution >= 4 is 82.5 Å². The molecule has 0 aliphatic carbocycles. The summed E-state index contributed by atoms with van der Waals surface area (Å²) in [4.78, 5) is 1.63. The van der Waals surface area contributed by atoms with Crippen molar-refractivity contribution < 1.29 is 25.3 Å². The van der Waals surface area contributed by atoms with Gasteiger partial charge in [0.1, 0.15) is 22.3 Å². The van der Waals surface area contributed by atoms with Crippen LogP contribution in [0.2, 0.25) is 0 Å². The van der Waals surface area contributed by atoms with Crippen molar-refractivity contribution in [2.45, 2.75) is 0 Å². The lowest BCUT2D eigenvalue weighted by Crippen LogP contribution is -2.10. The van der Waals surface area contributed by atoms with Crippen molar-refractivity contribution in [3.63, 3.8) is 0 Å². The third-order valence-corrected chi connectivity index (χ3v) is 8.60. The van der Waals surface area contributed by atoms with Gasteiger partial charge in [-0.15, -0.1) is 0 Å². The minimum absolute atomic E-state index is 0.0739. The molecule has 0 saturated carbocycles. The average Bonchev–Trinajstić information content (AvgIpc) is 3.85. The number of furan rings is 2. The van der Waals surface area contributed by atoms with Crippen molar-refractivity contribution in [1.82, 2.24) is 0 Å². The van der Waals surface area contributed by atoms with E-state index in [9.17, 15) is 4.11 Å². The summed E-state index contributed by atoms with van der Waals surface area (Å²) in [6.07, 6.45) is 0. The summed E-state index contributed by atoms with van der Waals surface area (Å²) >= 11 is 0. The predicted molar refractivity (Wildman–Crippen MR) is 196 cm³/mol. The standard InChI is InChI=1S/C44H27NO2/c1-2-10-28(11-3-1)35-24-25-39(43-38-15-7-9-17-41(38)47-44(35)43)45(32-21-23-37-36-14-6-8-16-40(36)46-42(37)27-32)31-20-22-34-30(26-31)19-18-29-12-4-5-13-33(29)34/h1-27H/i1D,2D,3D,6D,8D,10D,11D,14D,16D,21D,23D,27D. The van der Waals surface area contributed by atoms with Crippen LogP contribution in [-0.4, -0.2) is 0 Å². The molecule has 0 atom stereocenters. The van der Waals surface area contributed by atoms with E-state index in [-0.39, 0.29) is 50.4 Å². The molecule has 220 valence electrons. The first-order valence-electron chi connectivity index (χ1n) is 21.0. The highest BCUT2D eigenvalue weighted by molar-refractivity contribution is 6.18. The largest absolute Gasteiger partial charge is 0.456 e. The van der Waals surface area contributed by atoms with Crippen LogP contribution in [0.25, 0.3) is 76.5 Å². The fourth-order valence-corrected chi connectivity index (χ4v) is 6.51. The fraction of sp³-hybridized carbons (Fsp3) is 0. The molecule has 10 rings (SSSR count). The number of hydrogen-bond acceptors (Lipinski definition) is 3. The van der Waals surface area contributed by atoms with E-state index in [1.807, 2.05) is 60.7 Å². The van der Waals surface area contributed by atoms with Crippen LogP contribution in [0, 0.1) is 0 Å². The van der Waals surface area contributed by atoms with Gasteiger partial charge in [0.25, 0.3) is 0 Å². The molecule has 0 aliphatic rings. The first-order valence-corrected chi connectivity index (χ1v) is 15.0. The number of rotatable bonds is 4. The predicted octanol–water partition coefficient (Wildman–Crippen LogP) is 12.9. The van der Waals surface area contributed by atoms with Gasteiger partial charge in [0.15, 0.2) is 0 Å². The Morgan fingerprint density at radius 1 is 0.489 bits per heavy atom. The Bertz CT molecular complexity index is 3470. The molecule has 3 nitrogen and oxygen atoms in total. The molecule has 0 radical (unpaired) electrons. The maximum Gasteiger partial charge on any atom is 0.145 e. The molecule has 10 aromatic rings. The van der Waals surface area contributed by atoms with Gasteiger partial charge >= 0.3 is 0 Å². The molecule has 47 heavy (non-hydrogen) atoms. The Hall–Kier alpha value is -6.32. The maximum absolute atomic E-state index is 9.70. The average molecular weight is 614 g/mol. The summed E-state index contributed by atoms with van der Waals surface area (Å²) in [5.74, 6) is 0. The molecule has 2 aromatic heterocycles. The Labute approximate surface area is 287 Å². The molecule has 0 aliphatic heterocycles. The Balaban J connectivity index is 1.35. The number of para-hydroxylation sites is 2. The van der Waals surface area contributed by atoms with Crippen molar-refractivity contribution in [3.8, 4) is 11.1 Å². The number of hydrogen-bond donors (Lipinski definition) is 0. The van der Waals surface area contributed by atoms with Gasteiger partial charge in [0.2, 0.25) is 0 Å². The number of fused-ring (bicyclic) bond motifs is 9. The van der Waals surface area contributed by atoms with Crippen molar-refractivity contribution in [2.75, 3.05) is 4.90 Å². The molecule has 0 bridgehead atoms. The fourth-order valence-electron chi connectivity index (χ4n) is 6.51. The maximum atomic E-state index is 9.70. The highest BCUT2D eigenvalue weighted by atomic mass is 16.3. The van der Waals surface area contributed by atoms with Crippen LogP contribution in [0.1, 0.15) is 16.4 Å². The summed E-state index contributed by atoms with van der Waals surface area (Å²) in [6, 6.07) is 22.3. The van der Waals surface area contributed by atoms with E-state index in [1.54, 1.807) is 35.2 Å². The summed E-state index contributed by atoms with van der Waals surface area (Å²) in [5.41, 5.74) is 1.03. The smallest absolute Gasteiger partial charge is 0.145 e. The summed E-state index contributed by atoms with van der Waals surface area (Å²) < 4.78 is 118. The van der Waals surface area contributed by atoms with Crippen LogP contribution in [0.15, 0.2) is 172 Å². The van der Waals surface area contributed by atoms with Crippen molar-refractivity contribution in [3.05, 3.63) is 164 Å². The van der Waals surface area contributed by atoms with Crippen LogP contribution in [0.3, 0.4) is 0 Å². The Morgan fingerprint density at radius 2 is 1.26 bits per heavy atom. The zero-order valence-corrected chi connectivity index (χ0v) is 24.4. The molecule has 0 unspecified atom stereocenters. The zero-order valence-electron chi connectivity index (χ0n) is 36.4. The number of anilines is 3. The number of benzene rings is 8. The minimum atomic E-state index is -0.539. The van der Waals surface area contributed by atoms with Gasteiger partial charge < -0.3 is 13.7 Å². The van der Waals surface area contributed by atoms with E-state index in [0.29, 0.717) is 27.7 Å². The first kappa shape index (κ1) is 16.8. The first-order chi connectivity index (χ1) is 28.3. The monoisotopic (exact) mass is 613 g/mol. The molecule has 0 fully saturated rings. The SMILES string of the molecule is [2H]c1c([2H])c([2H])c(-c2ccc(N(c3ccc4c(ccc5ccccc54)c3)c3c([2H])c([2H])c4c(oc5c([2H])c([2H])c([2H])c([2H])c54)c3[2H])c3c2oc2ccccc23)c([2H])c1[2H]. The highest BCUT2D eigenvalue weighted by Crippen LogP contribution is 2.47. The van der Waals surface area contributed by atoms with Crippen LogP contribution in [0.4, 0.5) is 17.1 Å². The second kappa shape index (κ2) is 10.1. The molecule has 2 heterocycles. The van der Waals surface area contributed by atoms with E-state index in [2.05, 4.69) is 0 Å². The molecular weight excluding hydrogens is 574 g/mol. The molecule has 3 heteroatoms. The minimum Gasteiger partial charge on any atom is -0.456 e. The molecule has 8 aromatic carbocycles. The summed E-state index contributed by atoms with van der Waals surface area (Å²) in [7, 11) is 0. The van der Waals surface area contributed by atoms with Crippen LogP contribution in [-0.2, 0) is 0 Å². The zero-order chi connectivity index (χ0) is 41.3. The van der Waals surface area contributed by atoms with Gasteiger partial charge in [-0.25, -0.2) is 0 Å².